The molecule has 3 aromatic heterocycles. The quantitative estimate of drug-likeness (QED) is 0.276. The number of nitrogens with zero attached hydrogens (tertiary/aromatic N) is 5. The number of halogens is 5. The van der Waals surface area contributed by atoms with Gasteiger partial charge >= 0.3 is 12.1 Å². The minimum absolute atomic E-state index is 0.0224. The lowest BCUT2D eigenvalue weighted by molar-refractivity contribution is -0.140. The van der Waals surface area contributed by atoms with Crippen LogP contribution in [0.5, 0.6) is 0 Å². The van der Waals surface area contributed by atoms with E-state index < -0.39 is 29.7 Å². The fraction of sp³-hybridized carbons (Fsp3) is 0.304. The highest BCUT2D eigenvalue weighted by Crippen LogP contribution is 2.35. The van der Waals surface area contributed by atoms with Gasteiger partial charge in [-0.25, -0.2) is 24.1 Å². The zero-order valence-corrected chi connectivity index (χ0v) is 19.9. The highest BCUT2D eigenvalue weighted by Gasteiger charge is 2.35. The van der Waals surface area contributed by atoms with Crippen LogP contribution in [0.2, 0.25) is 5.15 Å². The molecule has 0 bridgehead atoms. The minimum Gasteiger partial charge on any atom is -0.476 e. The third-order valence-electron chi connectivity index (χ3n) is 5.96. The Morgan fingerprint density at radius 3 is 2.59 bits per heavy atom. The van der Waals surface area contributed by atoms with Crippen molar-refractivity contribution in [2.45, 2.75) is 19.1 Å². The Kier molecular flexibility index (Phi) is 6.28. The van der Waals surface area contributed by atoms with E-state index in [1.54, 1.807) is 11.8 Å². The summed E-state index contributed by atoms with van der Waals surface area (Å²) >= 11 is 5.83. The van der Waals surface area contributed by atoms with E-state index in [4.69, 9.17) is 16.3 Å². The molecule has 2 N–H and O–H groups in total. The molecule has 37 heavy (non-hydrogen) atoms. The maximum absolute atomic E-state index is 14.8. The molecule has 14 heteroatoms. The number of ether oxygens (including phenoxy) is 1. The maximum atomic E-state index is 14.8. The van der Waals surface area contributed by atoms with E-state index >= 15 is 0 Å². The highest BCUT2D eigenvalue weighted by atomic mass is 35.5. The minimum atomic E-state index is -4.72. The number of aromatic nitrogens is 4. The third-order valence-corrected chi connectivity index (χ3v) is 6.18. The number of carboxylic acids is 1. The van der Waals surface area contributed by atoms with Gasteiger partial charge in [-0.2, -0.15) is 13.2 Å². The van der Waals surface area contributed by atoms with Crippen molar-refractivity contribution in [3.05, 3.63) is 58.4 Å². The summed E-state index contributed by atoms with van der Waals surface area (Å²) in [5, 5.41) is 12.5. The smallest absolute Gasteiger partial charge is 0.434 e. The zero-order valence-electron chi connectivity index (χ0n) is 19.2. The number of pyridine rings is 1. The number of morpholine rings is 1. The number of nitrogens with one attached hydrogen (secondary N) is 1. The average Bonchev–Trinajstić information content (AvgIpc) is 3.31. The van der Waals surface area contributed by atoms with Crippen molar-refractivity contribution in [2.75, 3.05) is 36.5 Å². The van der Waals surface area contributed by atoms with Gasteiger partial charge in [0.15, 0.2) is 11.4 Å². The molecule has 0 amide bonds. The first kappa shape index (κ1) is 25.0. The number of carbonyl (C=O) groups is 1. The van der Waals surface area contributed by atoms with E-state index in [0.717, 1.165) is 12.3 Å². The fourth-order valence-corrected chi connectivity index (χ4v) is 4.42. The van der Waals surface area contributed by atoms with E-state index in [0.29, 0.717) is 26.3 Å². The Bertz CT molecular complexity index is 1520. The van der Waals surface area contributed by atoms with Crippen molar-refractivity contribution >= 4 is 45.8 Å². The lowest BCUT2D eigenvalue weighted by Gasteiger charge is -2.29. The second kappa shape index (κ2) is 9.30. The molecule has 1 aliphatic rings. The number of alkyl halides is 3. The van der Waals surface area contributed by atoms with Crippen LogP contribution in [0.25, 0.3) is 16.6 Å². The number of aromatic carboxylic acids is 1. The van der Waals surface area contributed by atoms with E-state index in [-0.39, 0.29) is 44.6 Å². The topological polar surface area (TPSA) is 105 Å². The average molecular weight is 539 g/mol. The molecular weight excluding hydrogens is 520 g/mol. The largest absolute Gasteiger partial charge is 0.476 e. The molecule has 194 valence electrons. The molecule has 0 radical (unpaired) electrons. The van der Waals surface area contributed by atoms with Crippen LogP contribution in [-0.2, 0) is 10.9 Å². The number of fused-ring (bicyclic) bond motifs is 3. The molecule has 4 aromatic rings. The number of hydrogen-bond acceptors (Lipinski definition) is 7. The van der Waals surface area contributed by atoms with Crippen LogP contribution in [0.15, 0.2) is 30.5 Å². The molecule has 1 atom stereocenters. The SMILES string of the molecule is CC(Nc1ccc(Cl)nc1C(=O)O)c1cc(F)cc2c1nc(N1CCOCC1)n1cc(C(F)(F)F)nc21. The number of benzene rings is 1. The van der Waals surface area contributed by atoms with Gasteiger partial charge in [0, 0.05) is 30.2 Å². The molecular formula is C23H19ClF4N6O3. The van der Waals surface area contributed by atoms with Gasteiger partial charge < -0.3 is 20.1 Å². The second-order valence-corrected chi connectivity index (χ2v) is 8.81. The van der Waals surface area contributed by atoms with Crippen LogP contribution < -0.4 is 10.2 Å². The molecule has 1 aliphatic heterocycles. The lowest BCUT2D eigenvalue weighted by atomic mass is 10.0. The van der Waals surface area contributed by atoms with Crippen molar-refractivity contribution in [1.82, 2.24) is 19.4 Å². The van der Waals surface area contributed by atoms with E-state index in [9.17, 15) is 27.5 Å². The van der Waals surface area contributed by atoms with Gasteiger partial charge in [0.25, 0.3) is 0 Å². The summed E-state index contributed by atoms with van der Waals surface area (Å²) in [6.07, 6.45) is -3.88. The summed E-state index contributed by atoms with van der Waals surface area (Å²) in [6.45, 7) is 3.13. The van der Waals surface area contributed by atoms with Crippen molar-refractivity contribution in [3.8, 4) is 0 Å². The van der Waals surface area contributed by atoms with Crippen LogP contribution in [0.1, 0.15) is 34.7 Å². The van der Waals surface area contributed by atoms with Gasteiger partial charge in [0.1, 0.15) is 16.6 Å². The lowest BCUT2D eigenvalue weighted by Crippen LogP contribution is -2.38. The highest BCUT2D eigenvalue weighted by molar-refractivity contribution is 6.29. The van der Waals surface area contributed by atoms with Crippen LogP contribution in [0, 0.1) is 5.82 Å². The molecule has 9 nitrogen and oxygen atoms in total. The Morgan fingerprint density at radius 1 is 1.19 bits per heavy atom. The summed E-state index contributed by atoms with van der Waals surface area (Å²) in [4.78, 5) is 25.7. The van der Waals surface area contributed by atoms with E-state index in [1.807, 2.05) is 0 Å². The number of anilines is 2. The molecule has 1 saturated heterocycles. The monoisotopic (exact) mass is 538 g/mol. The van der Waals surface area contributed by atoms with Gasteiger partial charge in [-0.05, 0) is 31.2 Å². The van der Waals surface area contributed by atoms with Gasteiger partial charge in [0.05, 0.1) is 30.5 Å². The predicted octanol–water partition coefficient (Wildman–Crippen LogP) is 4.80. The molecule has 1 unspecified atom stereocenters. The standard InChI is InChI=1S/C23H19ClF4N6O3/c1-11(29-15-2-3-17(24)31-19(15)21(35)36)13-8-12(25)9-14-18(13)32-22(33-4-6-37-7-5-33)34-10-16(23(26,27)28)30-20(14)34/h2-3,8-11,29H,4-7H2,1H3,(H,35,36). The normalized spacial score (nSPS) is 15.4. The molecule has 1 aromatic carbocycles. The zero-order chi connectivity index (χ0) is 26.5. The summed E-state index contributed by atoms with van der Waals surface area (Å²) in [5.74, 6) is -1.84. The fourth-order valence-electron chi connectivity index (χ4n) is 4.27. The van der Waals surface area contributed by atoms with Gasteiger partial charge in [-0.1, -0.05) is 11.6 Å². The van der Waals surface area contributed by atoms with Crippen molar-refractivity contribution in [2.24, 2.45) is 0 Å². The summed E-state index contributed by atoms with van der Waals surface area (Å²) in [7, 11) is 0. The number of carboxylic acid groups (broad SMARTS) is 1. The van der Waals surface area contributed by atoms with Gasteiger partial charge in [-0.3, -0.25) is 4.40 Å². The van der Waals surface area contributed by atoms with Crippen LogP contribution in [-0.4, -0.2) is 56.7 Å². The van der Waals surface area contributed by atoms with Gasteiger partial charge in [-0.15, -0.1) is 0 Å². The Balaban J connectivity index is 1.71. The van der Waals surface area contributed by atoms with Gasteiger partial charge in [0.2, 0.25) is 5.95 Å². The number of rotatable bonds is 5. The molecule has 4 heterocycles. The van der Waals surface area contributed by atoms with Crippen molar-refractivity contribution in [3.63, 3.8) is 0 Å². The van der Waals surface area contributed by atoms with E-state index in [2.05, 4.69) is 20.3 Å². The molecule has 0 saturated carbocycles. The first-order valence-corrected chi connectivity index (χ1v) is 11.5. The molecule has 0 aliphatic carbocycles. The van der Waals surface area contributed by atoms with E-state index in [1.165, 1.54) is 22.6 Å². The second-order valence-electron chi connectivity index (χ2n) is 8.42. The Morgan fingerprint density at radius 2 is 1.92 bits per heavy atom. The third kappa shape index (κ3) is 4.71. The molecule has 5 rings (SSSR count). The van der Waals surface area contributed by atoms with Crippen molar-refractivity contribution < 1.29 is 32.2 Å². The number of imidazole rings is 1. The van der Waals surface area contributed by atoms with Crippen LogP contribution >= 0.6 is 11.6 Å². The first-order valence-electron chi connectivity index (χ1n) is 11.1. The molecule has 1 fully saturated rings. The number of hydrogen-bond donors (Lipinski definition) is 2. The van der Waals surface area contributed by atoms with Crippen LogP contribution in [0.3, 0.4) is 0 Å². The molecule has 0 spiro atoms. The Hall–Kier alpha value is -3.71. The summed E-state index contributed by atoms with van der Waals surface area (Å²) in [5.41, 5.74) is -0.954. The predicted molar refractivity (Wildman–Crippen MR) is 127 cm³/mol. The Labute approximate surface area is 211 Å². The van der Waals surface area contributed by atoms with Crippen LogP contribution in [0.4, 0.5) is 29.2 Å². The first-order chi connectivity index (χ1) is 17.5. The summed E-state index contributed by atoms with van der Waals surface area (Å²) in [6, 6.07) is 4.37. The summed E-state index contributed by atoms with van der Waals surface area (Å²) < 4.78 is 62.1. The maximum Gasteiger partial charge on any atom is 0.434 e. The van der Waals surface area contributed by atoms with Crippen molar-refractivity contribution in [1.29, 1.82) is 0 Å².